The molecule has 0 radical (unpaired) electrons. The van der Waals surface area contributed by atoms with Gasteiger partial charge in [-0.2, -0.15) is 0 Å². The molecule has 0 spiro atoms. The summed E-state index contributed by atoms with van der Waals surface area (Å²) in [6.45, 7) is 1.55. The first-order chi connectivity index (χ1) is 8.20. The van der Waals surface area contributed by atoms with E-state index in [9.17, 15) is 5.11 Å². The van der Waals surface area contributed by atoms with Crippen molar-refractivity contribution in [2.75, 3.05) is 18.0 Å². The first-order valence-electron chi connectivity index (χ1n) is 5.57. The Hall–Kier alpha value is -1.82. The van der Waals surface area contributed by atoms with Gasteiger partial charge in [0.05, 0.1) is 18.0 Å². The number of hydrogen-bond acceptors (Lipinski definition) is 5. The minimum atomic E-state index is -0.271. The molecule has 1 aromatic heterocycles. The molecule has 6 nitrogen and oxygen atoms in total. The first kappa shape index (κ1) is 11.7. The fourth-order valence-electron chi connectivity index (χ4n) is 1.97. The highest BCUT2D eigenvalue weighted by molar-refractivity contribution is 5.95. The zero-order valence-electron chi connectivity index (χ0n) is 9.45. The summed E-state index contributed by atoms with van der Waals surface area (Å²) in [7, 11) is 0. The van der Waals surface area contributed by atoms with E-state index in [1.54, 1.807) is 12.3 Å². The Morgan fingerprint density at radius 1 is 1.53 bits per heavy atom. The quantitative estimate of drug-likeness (QED) is 0.294. The summed E-state index contributed by atoms with van der Waals surface area (Å²) in [5, 5.41) is 21.0. The van der Waals surface area contributed by atoms with E-state index in [1.165, 1.54) is 0 Å². The predicted molar refractivity (Wildman–Crippen MR) is 64.2 cm³/mol. The van der Waals surface area contributed by atoms with E-state index in [-0.39, 0.29) is 11.9 Å². The van der Waals surface area contributed by atoms with Gasteiger partial charge in [-0.05, 0) is 25.0 Å². The number of amidine groups is 1. The molecule has 1 atom stereocenters. The third kappa shape index (κ3) is 2.65. The van der Waals surface area contributed by atoms with Gasteiger partial charge in [0.25, 0.3) is 0 Å². The maximum Gasteiger partial charge on any atom is 0.188 e. The Kier molecular flexibility index (Phi) is 3.43. The van der Waals surface area contributed by atoms with Gasteiger partial charge in [-0.3, -0.25) is 4.98 Å². The number of nitrogens with two attached hydrogens (primary N) is 1. The summed E-state index contributed by atoms with van der Waals surface area (Å²) in [5.74, 6) is -0.00442. The molecule has 4 N–H and O–H groups in total. The number of oxime groups is 1. The van der Waals surface area contributed by atoms with Crippen molar-refractivity contribution in [3.63, 3.8) is 0 Å². The summed E-state index contributed by atoms with van der Waals surface area (Å²) in [6, 6.07) is 3.56. The maximum atomic E-state index is 9.59. The molecule has 0 amide bonds. The van der Waals surface area contributed by atoms with Crippen molar-refractivity contribution in [1.82, 2.24) is 4.98 Å². The van der Waals surface area contributed by atoms with Crippen LogP contribution < -0.4 is 10.6 Å². The van der Waals surface area contributed by atoms with Gasteiger partial charge in [0.1, 0.15) is 5.69 Å². The molecule has 0 bridgehead atoms. The van der Waals surface area contributed by atoms with Crippen molar-refractivity contribution in [3.05, 3.63) is 24.0 Å². The molecule has 0 aliphatic carbocycles. The van der Waals surface area contributed by atoms with E-state index in [4.69, 9.17) is 10.9 Å². The second-order valence-electron chi connectivity index (χ2n) is 4.13. The number of anilines is 1. The normalized spacial score (nSPS) is 21.6. The monoisotopic (exact) mass is 236 g/mol. The number of pyridine rings is 1. The van der Waals surface area contributed by atoms with Crippen molar-refractivity contribution < 1.29 is 10.3 Å². The smallest absolute Gasteiger partial charge is 0.188 e. The second kappa shape index (κ2) is 5.01. The third-order valence-electron chi connectivity index (χ3n) is 2.88. The number of aliphatic hydroxyl groups excluding tert-OH is 1. The molecule has 1 aromatic rings. The van der Waals surface area contributed by atoms with Crippen LogP contribution in [0.25, 0.3) is 0 Å². The van der Waals surface area contributed by atoms with Crippen molar-refractivity contribution in [2.45, 2.75) is 18.9 Å². The summed E-state index contributed by atoms with van der Waals surface area (Å²) in [5.41, 5.74) is 6.81. The topological polar surface area (TPSA) is 95.0 Å². The van der Waals surface area contributed by atoms with Crippen molar-refractivity contribution in [3.8, 4) is 0 Å². The summed E-state index contributed by atoms with van der Waals surface area (Å²) < 4.78 is 0. The highest BCUT2D eigenvalue weighted by Gasteiger charge is 2.18. The molecular formula is C11H16N4O2. The van der Waals surface area contributed by atoms with Gasteiger partial charge in [0, 0.05) is 13.1 Å². The Morgan fingerprint density at radius 3 is 2.94 bits per heavy atom. The first-order valence-corrected chi connectivity index (χ1v) is 5.57. The number of aliphatic hydroxyl groups is 1. The van der Waals surface area contributed by atoms with E-state index in [1.807, 2.05) is 6.07 Å². The van der Waals surface area contributed by atoms with Gasteiger partial charge >= 0.3 is 0 Å². The molecule has 2 rings (SSSR count). The average molecular weight is 236 g/mol. The molecule has 0 aromatic carbocycles. The molecule has 1 unspecified atom stereocenters. The van der Waals surface area contributed by atoms with Crippen LogP contribution >= 0.6 is 0 Å². The Morgan fingerprint density at radius 2 is 2.35 bits per heavy atom. The van der Waals surface area contributed by atoms with Crippen LogP contribution in [0.2, 0.25) is 0 Å². The minimum Gasteiger partial charge on any atom is -0.409 e. The summed E-state index contributed by atoms with van der Waals surface area (Å²) in [6.07, 6.45) is 3.23. The minimum absolute atomic E-state index is 0.00442. The number of β-amino-alcohol motifs (C(OH)–C–C–N with tert-alkyl or cyclic N) is 1. The Bertz CT molecular complexity index is 404. The van der Waals surface area contributed by atoms with E-state index >= 15 is 0 Å². The molecule has 1 saturated heterocycles. The van der Waals surface area contributed by atoms with Gasteiger partial charge in [-0.1, -0.05) is 5.16 Å². The van der Waals surface area contributed by atoms with Crippen LogP contribution in [0.1, 0.15) is 18.5 Å². The van der Waals surface area contributed by atoms with E-state index in [2.05, 4.69) is 15.0 Å². The van der Waals surface area contributed by atoms with Gasteiger partial charge < -0.3 is 20.9 Å². The largest absolute Gasteiger partial charge is 0.409 e. The number of aromatic nitrogens is 1. The highest BCUT2D eigenvalue weighted by Crippen LogP contribution is 2.19. The zero-order valence-corrected chi connectivity index (χ0v) is 9.45. The molecule has 0 saturated carbocycles. The lowest BCUT2D eigenvalue weighted by Gasteiger charge is -2.31. The second-order valence-corrected chi connectivity index (χ2v) is 4.13. The molecule has 92 valence electrons. The SMILES string of the molecule is N/C(=N/O)c1ccc(N2CCCC(O)C2)cn1. The van der Waals surface area contributed by atoms with Crippen LogP contribution in [0.15, 0.2) is 23.5 Å². The third-order valence-corrected chi connectivity index (χ3v) is 2.88. The molecule has 1 aliphatic rings. The van der Waals surface area contributed by atoms with Crippen molar-refractivity contribution in [1.29, 1.82) is 0 Å². The van der Waals surface area contributed by atoms with Gasteiger partial charge in [0.15, 0.2) is 5.84 Å². The number of nitrogens with zero attached hydrogens (tertiary/aromatic N) is 3. The fourth-order valence-corrected chi connectivity index (χ4v) is 1.97. The number of hydrogen-bond donors (Lipinski definition) is 3. The van der Waals surface area contributed by atoms with Crippen LogP contribution in [0.5, 0.6) is 0 Å². The average Bonchev–Trinajstić information content (AvgIpc) is 2.38. The summed E-state index contributed by atoms with van der Waals surface area (Å²) >= 11 is 0. The molecule has 6 heteroatoms. The molecule has 2 heterocycles. The van der Waals surface area contributed by atoms with Crippen LogP contribution in [0.4, 0.5) is 5.69 Å². The van der Waals surface area contributed by atoms with E-state index in [0.29, 0.717) is 12.2 Å². The Balaban J connectivity index is 2.12. The molecule has 17 heavy (non-hydrogen) atoms. The Labute approximate surface area is 99.4 Å². The van der Waals surface area contributed by atoms with E-state index < -0.39 is 0 Å². The molecule has 1 aliphatic heterocycles. The van der Waals surface area contributed by atoms with Crippen molar-refractivity contribution in [2.24, 2.45) is 10.9 Å². The van der Waals surface area contributed by atoms with Crippen LogP contribution in [0.3, 0.4) is 0 Å². The predicted octanol–water partition coefficient (Wildman–Crippen LogP) is 0.137. The van der Waals surface area contributed by atoms with Gasteiger partial charge in [0.2, 0.25) is 0 Å². The van der Waals surface area contributed by atoms with E-state index in [0.717, 1.165) is 25.1 Å². The standard InChI is InChI=1S/C11H16N4O2/c12-11(14-17)10-4-3-8(6-13-10)15-5-1-2-9(16)7-15/h3-4,6,9,16-17H,1-2,5,7H2,(H2,12,14). The highest BCUT2D eigenvalue weighted by atomic mass is 16.4. The maximum absolute atomic E-state index is 9.59. The van der Waals surface area contributed by atoms with Gasteiger partial charge in [-0.25, -0.2) is 0 Å². The number of rotatable bonds is 2. The van der Waals surface area contributed by atoms with Gasteiger partial charge in [-0.15, -0.1) is 0 Å². The van der Waals surface area contributed by atoms with Crippen LogP contribution in [0, 0.1) is 0 Å². The van der Waals surface area contributed by atoms with Crippen molar-refractivity contribution >= 4 is 11.5 Å². The van der Waals surface area contributed by atoms with Crippen LogP contribution in [-0.2, 0) is 0 Å². The lowest BCUT2D eigenvalue weighted by atomic mass is 10.1. The fraction of sp³-hybridized carbons (Fsp3) is 0.455. The lowest BCUT2D eigenvalue weighted by Crippen LogP contribution is -2.38. The molecule has 1 fully saturated rings. The number of piperidine rings is 1. The molecular weight excluding hydrogens is 220 g/mol. The lowest BCUT2D eigenvalue weighted by molar-refractivity contribution is 0.154. The zero-order chi connectivity index (χ0) is 12.3. The van der Waals surface area contributed by atoms with Crippen LogP contribution in [-0.4, -0.2) is 40.3 Å². The summed E-state index contributed by atoms with van der Waals surface area (Å²) in [4.78, 5) is 6.19.